The maximum atomic E-state index is 13.0. The lowest BCUT2D eigenvalue weighted by Gasteiger charge is -2.46. The summed E-state index contributed by atoms with van der Waals surface area (Å²) < 4.78 is 43.5. The fourth-order valence-corrected chi connectivity index (χ4v) is 4.69. The fraction of sp³-hybridized carbons (Fsp3) is 0.435. The molecule has 0 saturated carbocycles. The molecule has 1 aromatic carbocycles. The minimum atomic E-state index is -5.27. The van der Waals surface area contributed by atoms with Crippen LogP contribution in [0.3, 0.4) is 0 Å². The molecule has 4 rings (SSSR count). The second kappa shape index (κ2) is 9.50. The number of aromatic hydroxyl groups is 1. The van der Waals surface area contributed by atoms with Gasteiger partial charge < -0.3 is 20.5 Å². The molecule has 3 heterocycles. The minimum Gasteiger partial charge on any atom is -0.507 e. The van der Waals surface area contributed by atoms with Crippen molar-refractivity contribution < 1.29 is 27.8 Å². The Morgan fingerprint density at radius 1 is 1.08 bits per heavy atom. The van der Waals surface area contributed by atoms with E-state index in [4.69, 9.17) is 0 Å². The summed E-state index contributed by atoms with van der Waals surface area (Å²) in [6.07, 6.45) is -0.0363. The number of aromatic nitrogens is 6. The van der Waals surface area contributed by atoms with Gasteiger partial charge in [-0.05, 0) is 52.7 Å². The number of ether oxygens (including phenoxy) is 1. The number of alkyl halides is 3. The van der Waals surface area contributed by atoms with Crippen LogP contribution in [0, 0.1) is 0 Å². The molecular weight excluding hydrogens is 493 g/mol. The number of nitrogens with zero attached hydrogens (tertiary/aromatic N) is 6. The van der Waals surface area contributed by atoms with Crippen LogP contribution in [0.4, 0.5) is 19.1 Å². The molecule has 1 aliphatic heterocycles. The Balaban J connectivity index is 1.66. The first-order valence-electron chi connectivity index (χ1n) is 11.3. The zero-order valence-corrected chi connectivity index (χ0v) is 20.5. The van der Waals surface area contributed by atoms with Gasteiger partial charge in [-0.3, -0.25) is 0 Å². The summed E-state index contributed by atoms with van der Waals surface area (Å²) in [7, 11) is 0. The molecule has 0 spiro atoms. The number of piperidine rings is 1. The van der Waals surface area contributed by atoms with E-state index in [1.54, 1.807) is 0 Å². The number of hydrogen-bond acceptors (Lipinski definition) is 11. The number of benzene rings is 1. The summed E-state index contributed by atoms with van der Waals surface area (Å²) >= 11 is 0. The standard InChI is InChI=1S/C23H25F3N8O3/c1-21(2)7-13(8-22(3,4)34-21)30-20-28-10-15(32-33-20)18-16(35)5-12(14-9-27-11-29-31-14)6-17(18)37-19(36)23(24,25)26/h5-6,9-11,13,34-35H,7-8H2,1-4H3,(H,28,30,33). The Bertz CT molecular complexity index is 1270. The van der Waals surface area contributed by atoms with E-state index in [0.717, 1.165) is 25.2 Å². The molecule has 0 aliphatic carbocycles. The van der Waals surface area contributed by atoms with Crippen molar-refractivity contribution in [2.75, 3.05) is 5.32 Å². The van der Waals surface area contributed by atoms with Crippen molar-refractivity contribution in [2.45, 2.75) is 63.8 Å². The largest absolute Gasteiger partial charge is 0.507 e. The second-order valence-corrected chi connectivity index (χ2v) is 10.1. The first-order chi connectivity index (χ1) is 17.2. The summed E-state index contributed by atoms with van der Waals surface area (Å²) in [6, 6.07) is 2.34. The smallest absolute Gasteiger partial charge is 0.491 e. The quantitative estimate of drug-likeness (QED) is 0.337. The Labute approximate surface area is 209 Å². The van der Waals surface area contributed by atoms with E-state index in [9.17, 15) is 23.1 Å². The average Bonchev–Trinajstić information content (AvgIpc) is 2.77. The van der Waals surface area contributed by atoms with Gasteiger partial charge in [-0.25, -0.2) is 14.8 Å². The van der Waals surface area contributed by atoms with Crippen LogP contribution < -0.4 is 15.4 Å². The Hall–Kier alpha value is -3.94. The Morgan fingerprint density at radius 3 is 2.35 bits per heavy atom. The molecule has 3 aromatic rings. The van der Waals surface area contributed by atoms with Gasteiger partial charge in [0.25, 0.3) is 0 Å². The van der Waals surface area contributed by atoms with Crippen LogP contribution >= 0.6 is 0 Å². The van der Waals surface area contributed by atoms with Crippen LogP contribution in [0.2, 0.25) is 0 Å². The van der Waals surface area contributed by atoms with Crippen molar-refractivity contribution in [1.82, 2.24) is 35.7 Å². The highest BCUT2D eigenvalue weighted by Gasteiger charge is 2.42. The summed E-state index contributed by atoms with van der Waals surface area (Å²) in [5.74, 6) is -3.41. The highest BCUT2D eigenvalue weighted by molar-refractivity contribution is 5.84. The molecule has 1 saturated heterocycles. The molecule has 0 bridgehead atoms. The summed E-state index contributed by atoms with van der Waals surface area (Å²) in [6.45, 7) is 8.38. The summed E-state index contributed by atoms with van der Waals surface area (Å²) in [4.78, 5) is 19.6. The summed E-state index contributed by atoms with van der Waals surface area (Å²) in [5.41, 5.74) is -0.420. The van der Waals surface area contributed by atoms with Gasteiger partial charge in [0, 0.05) is 22.7 Å². The van der Waals surface area contributed by atoms with Crippen LogP contribution in [0.5, 0.6) is 11.5 Å². The van der Waals surface area contributed by atoms with Gasteiger partial charge >= 0.3 is 12.1 Å². The third-order valence-electron chi connectivity index (χ3n) is 5.63. The number of nitrogens with one attached hydrogen (secondary N) is 2. The third-order valence-corrected chi connectivity index (χ3v) is 5.63. The molecule has 0 amide bonds. The normalized spacial score (nSPS) is 17.3. The first kappa shape index (κ1) is 26.1. The van der Waals surface area contributed by atoms with Crippen molar-refractivity contribution in [3.05, 3.63) is 30.9 Å². The highest BCUT2D eigenvalue weighted by Crippen LogP contribution is 2.41. The minimum absolute atomic E-state index is 0.0375. The molecule has 1 aliphatic rings. The Morgan fingerprint density at radius 2 is 1.78 bits per heavy atom. The second-order valence-electron chi connectivity index (χ2n) is 10.1. The molecule has 11 nitrogen and oxygen atoms in total. The zero-order chi connectivity index (χ0) is 27.0. The number of rotatable bonds is 5. The lowest BCUT2D eigenvalue weighted by atomic mass is 9.80. The number of hydrogen-bond donors (Lipinski definition) is 3. The van der Waals surface area contributed by atoms with Crippen LogP contribution in [-0.2, 0) is 4.79 Å². The molecule has 0 atom stereocenters. The maximum absolute atomic E-state index is 13.0. The van der Waals surface area contributed by atoms with Crippen molar-refractivity contribution in [3.63, 3.8) is 0 Å². The zero-order valence-electron chi connectivity index (χ0n) is 20.5. The number of anilines is 1. The molecule has 0 radical (unpaired) electrons. The van der Waals surface area contributed by atoms with Gasteiger partial charge in [0.05, 0.1) is 18.0 Å². The van der Waals surface area contributed by atoms with Gasteiger partial charge in [0.15, 0.2) is 0 Å². The predicted octanol–water partition coefficient (Wildman–Crippen LogP) is 3.29. The Kier molecular flexibility index (Phi) is 6.71. The van der Waals surface area contributed by atoms with Gasteiger partial charge in [-0.2, -0.15) is 13.2 Å². The van der Waals surface area contributed by atoms with E-state index >= 15 is 0 Å². The van der Waals surface area contributed by atoms with E-state index in [-0.39, 0.29) is 45.6 Å². The lowest BCUT2D eigenvalue weighted by Crippen LogP contribution is -2.60. The number of halogens is 3. The monoisotopic (exact) mass is 518 g/mol. The van der Waals surface area contributed by atoms with E-state index in [2.05, 4.69) is 73.4 Å². The number of carbonyl (C=O) groups is 1. The topological polar surface area (TPSA) is 148 Å². The van der Waals surface area contributed by atoms with E-state index in [1.165, 1.54) is 18.5 Å². The van der Waals surface area contributed by atoms with Gasteiger partial charge in [-0.15, -0.1) is 20.4 Å². The van der Waals surface area contributed by atoms with E-state index in [1.807, 2.05) is 0 Å². The average molecular weight is 519 g/mol. The molecule has 37 heavy (non-hydrogen) atoms. The van der Waals surface area contributed by atoms with Crippen molar-refractivity contribution >= 4 is 11.9 Å². The highest BCUT2D eigenvalue weighted by atomic mass is 19.4. The molecular formula is C23H25F3N8O3. The first-order valence-corrected chi connectivity index (χ1v) is 11.3. The predicted molar refractivity (Wildman–Crippen MR) is 125 cm³/mol. The number of phenols is 1. The summed E-state index contributed by atoms with van der Waals surface area (Å²) in [5, 5.41) is 33.0. The van der Waals surface area contributed by atoms with Crippen LogP contribution in [0.15, 0.2) is 30.9 Å². The van der Waals surface area contributed by atoms with E-state index in [0.29, 0.717) is 0 Å². The lowest BCUT2D eigenvalue weighted by molar-refractivity contribution is -0.189. The molecule has 3 N–H and O–H groups in total. The van der Waals surface area contributed by atoms with Crippen LogP contribution in [-0.4, -0.2) is 64.7 Å². The SMILES string of the molecule is CC1(C)CC(Nc2ncc(-c3c(O)cc(-c4cncnn4)cc3OC(=O)C(F)(F)F)nn2)CC(C)(C)N1. The van der Waals surface area contributed by atoms with Gasteiger partial charge in [0.2, 0.25) is 5.95 Å². The molecule has 196 valence electrons. The van der Waals surface area contributed by atoms with Crippen LogP contribution in [0.25, 0.3) is 22.5 Å². The fourth-order valence-electron chi connectivity index (χ4n) is 4.69. The van der Waals surface area contributed by atoms with Gasteiger partial charge in [0.1, 0.15) is 29.2 Å². The molecule has 2 aromatic heterocycles. The maximum Gasteiger partial charge on any atom is 0.491 e. The van der Waals surface area contributed by atoms with Crippen molar-refractivity contribution in [3.8, 4) is 34.0 Å². The third kappa shape index (κ3) is 6.25. The van der Waals surface area contributed by atoms with E-state index < -0.39 is 23.6 Å². The number of carbonyl (C=O) groups excluding carboxylic acids is 1. The molecule has 14 heteroatoms. The number of esters is 1. The van der Waals surface area contributed by atoms with Crippen LogP contribution in [0.1, 0.15) is 40.5 Å². The van der Waals surface area contributed by atoms with Gasteiger partial charge in [-0.1, -0.05) is 0 Å². The molecule has 1 fully saturated rings. The van der Waals surface area contributed by atoms with Crippen molar-refractivity contribution in [1.29, 1.82) is 0 Å². The van der Waals surface area contributed by atoms with Crippen molar-refractivity contribution in [2.24, 2.45) is 0 Å². The number of phenolic OH excluding ortho intramolecular Hbond substituents is 1. The molecule has 0 unspecified atom stereocenters.